The molecule has 0 aliphatic rings. The van der Waals surface area contributed by atoms with Gasteiger partial charge in [0.05, 0.1) is 4.90 Å². The van der Waals surface area contributed by atoms with E-state index in [2.05, 4.69) is 22.1 Å². The molecule has 4 rings (SSSR count). The Morgan fingerprint density at radius 1 is 0.860 bits per heavy atom. The molecule has 0 heterocycles. The first-order valence-corrected chi connectivity index (χ1v) is 16.3. The van der Waals surface area contributed by atoms with Gasteiger partial charge in [0.2, 0.25) is 0 Å². The van der Waals surface area contributed by atoms with Crippen molar-refractivity contribution >= 4 is 74.7 Å². The number of fused-ring (bicyclic) bond motifs is 2. The summed E-state index contributed by atoms with van der Waals surface area (Å²) >= 11 is 0. The minimum absolute atomic E-state index is 0.0627. The number of hydrogen-bond acceptors (Lipinski definition) is 11. The predicted molar refractivity (Wildman–Crippen MR) is 156 cm³/mol. The summed E-state index contributed by atoms with van der Waals surface area (Å²) in [7, 11) is -15.0. The first kappa shape index (κ1) is 31.7. The number of phenolic OH excluding ortho intramolecular Hbond substituents is 1. The number of benzene rings is 4. The van der Waals surface area contributed by atoms with Crippen molar-refractivity contribution in [3.63, 3.8) is 0 Å². The summed E-state index contributed by atoms with van der Waals surface area (Å²) in [5.41, 5.74) is -1.25. The topological polar surface area (TPSA) is 237 Å². The number of aromatic hydroxyl groups is 1. The Hall–Kier alpha value is -4.26. The average Bonchev–Trinajstić information content (AvgIpc) is 2.89. The highest BCUT2D eigenvalue weighted by Gasteiger charge is 2.26. The van der Waals surface area contributed by atoms with Gasteiger partial charge in [0.25, 0.3) is 30.4 Å². The number of carbonyl (C=O) groups excluding carboxylic acids is 1. The Morgan fingerprint density at radius 2 is 1.53 bits per heavy atom. The van der Waals surface area contributed by atoms with Crippen molar-refractivity contribution in [2.75, 3.05) is 11.9 Å². The number of anilines is 1. The van der Waals surface area contributed by atoms with Crippen molar-refractivity contribution in [3.8, 4) is 5.75 Å². The third kappa shape index (κ3) is 6.71. The molecule has 0 aliphatic heterocycles. The lowest BCUT2D eigenvalue weighted by Gasteiger charge is -2.15. The number of allylic oxidation sites excluding steroid dienone is 1. The predicted octanol–water partition coefficient (Wildman–Crippen LogP) is 4.80. The smallest absolute Gasteiger partial charge is 0.297 e. The fourth-order valence-electron chi connectivity index (χ4n) is 4.25. The molecule has 226 valence electrons. The second-order valence-electron chi connectivity index (χ2n) is 9.28. The maximum atomic E-state index is 12.3. The molecule has 43 heavy (non-hydrogen) atoms. The number of rotatable bonds is 10. The molecule has 0 atom stereocenters. The molecule has 5 N–H and O–H groups in total. The SMILES string of the molecule is C=C(C)C(=O)CCNc1cc(S(=O)(=O)O)cc2cc(S(=O)(=O)O)c(/N=N/c3ccc4ccccc4c3S(=O)(=O)O)c(O)c12. The third-order valence-corrected chi connectivity index (χ3v) is 8.86. The van der Waals surface area contributed by atoms with E-state index >= 15 is 0 Å². The minimum Gasteiger partial charge on any atom is -0.505 e. The standard InChI is InChI=1S/C26H23N3O11S3/c1-14(2)21(30)9-10-27-20-13-17(41(32,33)34)11-16-12-22(42(35,36)37)24(25(31)23(16)20)29-28-19-8-7-15-5-3-4-6-18(15)26(19)43(38,39)40/h3-8,11-13,27,31H,1,9-10H2,2H3,(H,32,33,34)(H,35,36,37)(H,38,39,40)/b29-28+. The van der Waals surface area contributed by atoms with Gasteiger partial charge in [-0.15, -0.1) is 10.2 Å². The zero-order valence-electron chi connectivity index (χ0n) is 22.1. The van der Waals surface area contributed by atoms with Gasteiger partial charge in [0.1, 0.15) is 21.2 Å². The first-order valence-electron chi connectivity index (χ1n) is 12.0. The van der Waals surface area contributed by atoms with E-state index in [-0.39, 0.29) is 46.2 Å². The molecule has 0 radical (unpaired) electrons. The maximum Gasteiger partial charge on any atom is 0.297 e. The van der Waals surface area contributed by atoms with Crippen LogP contribution in [0.1, 0.15) is 13.3 Å². The second kappa shape index (κ2) is 11.4. The summed E-state index contributed by atoms with van der Waals surface area (Å²) in [6.07, 6.45) is -0.107. The number of ketones is 1. The van der Waals surface area contributed by atoms with Crippen LogP contribution in [0.5, 0.6) is 5.75 Å². The molecular weight excluding hydrogens is 626 g/mol. The zero-order chi connectivity index (χ0) is 31.9. The lowest BCUT2D eigenvalue weighted by atomic mass is 10.1. The van der Waals surface area contributed by atoms with Crippen LogP contribution in [0.25, 0.3) is 21.5 Å². The van der Waals surface area contributed by atoms with Gasteiger partial charge in [-0.1, -0.05) is 36.9 Å². The lowest BCUT2D eigenvalue weighted by molar-refractivity contribution is -0.115. The van der Waals surface area contributed by atoms with Crippen LogP contribution in [-0.4, -0.2) is 56.3 Å². The van der Waals surface area contributed by atoms with Gasteiger partial charge in [0, 0.05) is 29.4 Å². The zero-order valence-corrected chi connectivity index (χ0v) is 24.5. The van der Waals surface area contributed by atoms with Crippen LogP contribution in [0.4, 0.5) is 17.1 Å². The molecule has 0 bridgehead atoms. The summed E-state index contributed by atoms with van der Waals surface area (Å²) < 4.78 is 102. The van der Waals surface area contributed by atoms with Crippen molar-refractivity contribution in [1.82, 2.24) is 0 Å². The Bertz CT molecular complexity index is 2190. The van der Waals surface area contributed by atoms with E-state index in [1.165, 1.54) is 31.2 Å². The molecule has 0 unspecified atom stereocenters. The van der Waals surface area contributed by atoms with Gasteiger partial charge in [-0.2, -0.15) is 25.3 Å². The van der Waals surface area contributed by atoms with E-state index in [1.54, 1.807) is 12.1 Å². The molecule has 0 aliphatic carbocycles. The summed E-state index contributed by atoms with van der Waals surface area (Å²) in [4.78, 5) is 9.57. The summed E-state index contributed by atoms with van der Waals surface area (Å²) in [6.45, 7) is 4.91. The van der Waals surface area contributed by atoms with Crippen LogP contribution < -0.4 is 5.32 Å². The Labute approximate surface area is 245 Å². The van der Waals surface area contributed by atoms with Gasteiger partial charge >= 0.3 is 0 Å². The van der Waals surface area contributed by atoms with Gasteiger partial charge in [-0.3, -0.25) is 18.5 Å². The van der Waals surface area contributed by atoms with Crippen LogP contribution in [0.2, 0.25) is 0 Å². The van der Waals surface area contributed by atoms with Crippen molar-refractivity contribution in [3.05, 3.63) is 66.7 Å². The highest BCUT2D eigenvalue weighted by Crippen LogP contribution is 2.45. The maximum absolute atomic E-state index is 12.3. The van der Waals surface area contributed by atoms with Crippen LogP contribution in [-0.2, 0) is 35.1 Å². The molecule has 4 aromatic rings. The normalized spacial score (nSPS) is 12.7. The number of nitrogens with zero attached hydrogens (tertiary/aromatic N) is 2. The Kier molecular flexibility index (Phi) is 8.42. The lowest BCUT2D eigenvalue weighted by Crippen LogP contribution is -2.10. The molecular formula is C26H23N3O11S3. The van der Waals surface area contributed by atoms with E-state index in [4.69, 9.17) is 0 Å². The van der Waals surface area contributed by atoms with Crippen molar-refractivity contribution in [2.24, 2.45) is 10.2 Å². The van der Waals surface area contributed by atoms with Crippen LogP contribution in [0.3, 0.4) is 0 Å². The number of hydrogen-bond donors (Lipinski definition) is 5. The first-order chi connectivity index (χ1) is 19.9. The fraction of sp³-hybridized carbons (Fsp3) is 0.115. The molecule has 0 fully saturated rings. The van der Waals surface area contributed by atoms with Crippen molar-refractivity contribution in [2.45, 2.75) is 28.0 Å². The van der Waals surface area contributed by atoms with Crippen LogP contribution >= 0.6 is 0 Å². The summed E-state index contributed by atoms with van der Waals surface area (Å²) in [5.74, 6) is -1.28. The minimum atomic E-state index is -5.19. The van der Waals surface area contributed by atoms with Crippen molar-refractivity contribution < 1.29 is 48.8 Å². The molecule has 0 saturated heterocycles. The third-order valence-electron chi connectivity index (χ3n) is 6.22. The van der Waals surface area contributed by atoms with Crippen LogP contribution in [0, 0.1) is 0 Å². The largest absolute Gasteiger partial charge is 0.505 e. The highest BCUT2D eigenvalue weighted by atomic mass is 32.2. The van der Waals surface area contributed by atoms with E-state index < -0.39 is 62.2 Å². The number of carbonyl (C=O) groups is 1. The van der Waals surface area contributed by atoms with Crippen molar-refractivity contribution in [1.29, 1.82) is 0 Å². The monoisotopic (exact) mass is 649 g/mol. The van der Waals surface area contributed by atoms with E-state index in [1.807, 2.05) is 0 Å². The fourth-order valence-corrected chi connectivity index (χ4v) is 6.29. The number of azo groups is 1. The van der Waals surface area contributed by atoms with Crippen LogP contribution in [0.15, 0.2) is 91.7 Å². The molecule has 14 nitrogen and oxygen atoms in total. The van der Waals surface area contributed by atoms with Gasteiger partial charge in [0.15, 0.2) is 11.5 Å². The number of phenols is 1. The molecule has 4 aromatic carbocycles. The quantitative estimate of drug-likeness (QED) is 0.0884. The highest BCUT2D eigenvalue weighted by molar-refractivity contribution is 7.86. The van der Waals surface area contributed by atoms with Gasteiger partial charge in [-0.05, 0) is 47.5 Å². The van der Waals surface area contributed by atoms with Gasteiger partial charge < -0.3 is 10.4 Å². The second-order valence-corrected chi connectivity index (χ2v) is 13.5. The summed E-state index contributed by atoms with van der Waals surface area (Å²) in [6, 6.07) is 11.2. The van der Waals surface area contributed by atoms with E-state index in [9.17, 15) is 48.8 Å². The molecule has 0 amide bonds. The molecule has 0 spiro atoms. The summed E-state index contributed by atoms with van der Waals surface area (Å²) in [5, 5.41) is 21.4. The Morgan fingerprint density at radius 3 is 2.14 bits per heavy atom. The number of Topliss-reactive ketones (excluding diaryl/α,β-unsaturated/α-hetero) is 1. The molecule has 0 aromatic heterocycles. The molecule has 17 heteroatoms. The number of nitrogens with one attached hydrogen (secondary N) is 1. The average molecular weight is 650 g/mol. The molecule has 0 saturated carbocycles. The van der Waals surface area contributed by atoms with E-state index in [0.717, 1.165) is 18.2 Å². The Balaban J connectivity index is 2.00. The van der Waals surface area contributed by atoms with E-state index in [0.29, 0.717) is 5.39 Å². The van der Waals surface area contributed by atoms with Gasteiger partial charge in [-0.25, -0.2) is 0 Å².